The number of likely N-dealkylation sites (tertiary alicyclic amines) is 1. The van der Waals surface area contributed by atoms with Crippen molar-refractivity contribution >= 4 is 28.2 Å². The van der Waals surface area contributed by atoms with E-state index in [1.54, 1.807) is 4.90 Å². The number of piperidine rings is 2. The van der Waals surface area contributed by atoms with E-state index < -0.39 is 5.60 Å². The zero-order chi connectivity index (χ0) is 27.6. The number of carbonyl (C=O) groups is 1. The Labute approximate surface area is 238 Å². The molecule has 0 aliphatic carbocycles. The van der Waals surface area contributed by atoms with Crippen LogP contribution in [0.1, 0.15) is 88.5 Å². The number of amides is 1. The first kappa shape index (κ1) is 29.6. The highest BCUT2D eigenvalue weighted by molar-refractivity contribution is 5.79. The van der Waals surface area contributed by atoms with Crippen molar-refractivity contribution < 1.29 is 9.53 Å². The van der Waals surface area contributed by atoms with Crippen molar-refractivity contribution in [2.24, 2.45) is 0 Å². The SMILES string of the molecule is C.Cc1cccc2[nH]c([C@@H]3CCCN(C(=O)OC(C)(C)C)C3)nc12.Cc1cccc2[nH]c([C@@H]3CCCNC3)nc12. The Bertz CT molecular complexity index is 1430. The maximum atomic E-state index is 12.3. The molecule has 1 amide bonds. The Morgan fingerprint density at radius 1 is 0.900 bits per heavy atom. The molecule has 2 aliphatic heterocycles. The molecule has 0 spiro atoms. The minimum absolute atomic E-state index is 0. The van der Waals surface area contributed by atoms with E-state index in [2.05, 4.69) is 53.4 Å². The molecule has 4 aromatic rings. The number of hydrogen-bond donors (Lipinski definition) is 3. The van der Waals surface area contributed by atoms with Crippen LogP contribution in [0, 0.1) is 13.8 Å². The number of imidazole rings is 2. The largest absolute Gasteiger partial charge is 0.444 e. The Balaban J connectivity index is 0.000000191. The highest BCUT2D eigenvalue weighted by atomic mass is 16.6. The summed E-state index contributed by atoms with van der Waals surface area (Å²) in [5.41, 5.74) is 6.35. The number of ether oxygens (including phenoxy) is 1. The van der Waals surface area contributed by atoms with E-state index in [0.717, 1.165) is 60.7 Å². The number of aromatic amines is 2. The molecule has 0 saturated carbocycles. The van der Waals surface area contributed by atoms with Crippen LogP contribution in [0.15, 0.2) is 36.4 Å². The van der Waals surface area contributed by atoms with Gasteiger partial charge in [-0.2, -0.15) is 0 Å². The molecule has 8 nitrogen and oxygen atoms in total. The number of H-pyrrole nitrogens is 2. The van der Waals surface area contributed by atoms with Gasteiger partial charge in [-0.1, -0.05) is 31.7 Å². The molecular formula is C32H46N6O2. The first-order chi connectivity index (χ1) is 18.7. The second kappa shape index (κ2) is 12.4. The normalized spacial score (nSPS) is 19.6. The third kappa shape index (κ3) is 6.84. The maximum absolute atomic E-state index is 12.3. The number of fused-ring (bicyclic) bond motifs is 2. The molecule has 2 aliphatic rings. The first-order valence-electron chi connectivity index (χ1n) is 14.3. The number of benzene rings is 2. The molecule has 0 bridgehead atoms. The molecule has 4 heterocycles. The average molecular weight is 547 g/mol. The number of carbonyl (C=O) groups excluding carboxylic acids is 1. The topological polar surface area (TPSA) is 98.9 Å². The predicted octanol–water partition coefficient (Wildman–Crippen LogP) is 6.96. The lowest BCUT2D eigenvalue weighted by Gasteiger charge is -2.33. The van der Waals surface area contributed by atoms with Crippen molar-refractivity contribution in [3.05, 3.63) is 59.2 Å². The van der Waals surface area contributed by atoms with E-state index in [1.807, 2.05) is 32.9 Å². The van der Waals surface area contributed by atoms with Crippen LogP contribution in [0.3, 0.4) is 0 Å². The van der Waals surface area contributed by atoms with Gasteiger partial charge in [0.05, 0.1) is 22.1 Å². The van der Waals surface area contributed by atoms with Crippen LogP contribution < -0.4 is 5.32 Å². The van der Waals surface area contributed by atoms with Crippen molar-refractivity contribution in [1.82, 2.24) is 30.2 Å². The summed E-state index contributed by atoms with van der Waals surface area (Å²) in [6, 6.07) is 12.5. The second-order valence-corrected chi connectivity index (χ2v) is 12.0. The summed E-state index contributed by atoms with van der Waals surface area (Å²) in [6.45, 7) is 13.5. The molecule has 40 heavy (non-hydrogen) atoms. The van der Waals surface area contributed by atoms with Gasteiger partial charge in [-0.05, 0) is 90.1 Å². The number of aromatic nitrogens is 4. The second-order valence-electron chi connectivity index (χ2n) is 12.0. The van der Waals surface area contributed by atoms with E-state index in [4.69, 9.17) is 14.7 Å². The van der Waals surface area contributed by atoms with Gasteiger partial charge < -0.3 is 24.9 Å². The van der Waals surface area contributed by atoms with Crippen molar-refractivity contribution in [2.75, 3.05) is 26.2 Å². The number of nitrogens with one attached hydrogen (secondary N) is 3. The minimum atomic E-state index is -0.458. The van der Waals surface area contributed by atoms with Crippen LogP contribution in [0.4, 0.5) is 4.79 Å². The lowest BCUT2D eigenvalue weighted by Crippen LogP contribution is -2.42. The van der Waals surface area contributed by atoms with Gasteiger partial charge in [-0.15, -0.1) is 0 Å². The fraction of sp³-hybridized carbons (Fsp3) is 0.531. The average Bonchev–Trinajstić information content (AvgIpc) is 3.55. The zero-order valence-electron chi connectivity index (χ0n) is 23.9. The Morgan fingerprint density at radius 2 is 1.48 bits per heavy atom. The number of hydrogen-bond acceptors (Lipinski definition) is 5. The van der Waals surface area contributed by atoms with E-state index >= 15 is 0 Å². The van der Waals surface area contributed by atoms with E-state index in [-0.39, 0.29) is 19.4 Å². The number of para-hydroxylation sites is 2. The fourth-order valence-electron chi connectivity index (χ4n) is 5.55. The lowest BCUT2D eigenvalue weighted by molar-refractivity contribution is 0.0196. The van der Waals surface area contributed by atoms with Gasteiger partial charge in [0.15, 0.2) is 0 Å². The molecule has 3 N–H and O–H groups in total. The number of aryl methyl sites for hydroxylation is 2. The smallest absolute Gasteiger partial charge is 0.410 e. The van der Waals surface area contributed by atoms with E-state index in [1.165, 1.54) is 29.5 Å². The predicted molar refractivity (Wildman–Crippen MR) is 163 cm³/mol. The van der Waals surface area contributed by atoms with Crippen LogP contribution in [-0.2, 0) is 4.74 Å². The molecular weight excluding hydrogens is 500 g/mol. The summed E-state index contributed by atoms with van der Waals surface area (Å²) in [5, 5.41) is 3.43. The van der Waals surface area contributed by atoms with Gasteiger partial charge in [0.25, 0.3) is 0 Å². The standard InChI is InChI=1S/C18H25N3O2.C13H17N3.CH4/c1-12-7-5-9-14-15(12)20-16(19-14)13-8-6-10-21(11-13)17(22)23-18(2,3)4;1-9-4-2-6-11-12(9)16-13(15-11)10-5-3-7-14-8-10;/h5,7,9,13H,6,8,10-11H2,1-4H3,(H,19,20);2,4,6,10,14H,3,5,7-8H2,1H3,(H,15,16);1H4/t13-;10-;/m11./s1. The van der Waals surface area contributed by atoms with Crippen LogP contribution in [0.25, 0.3) is 22.1 Å². The minimum Gasteiger partial charge on any atom is -0.444 e. The van der Waals surface area contributed by atoms with E-state index in [0.29, 0.717) is 12.5 Å². The molecule has 0 radical (unpaired) electrons. The van der Waals surface area contributed by atoms with Crippen LogP contribution in [0.5, 0.6) is 0 Å². The summed E-state index contributed by atoms with van der Waals surface area (Å²) in [7, 11) is 0. The zero-order valence-corrected chi connectivity index (χ0v) is 23.9. The molecule has 216 valence electrons. The molecule has 0 unspecified atom stereocenters. The first-order valence-corrected chi connectivity index (χ1v) is 14.3. The molecule has 6 rings (SSSR count). The third-order valence-electron chi connectivity index (χ3n) is 7.61. The van der Waals surface area contributed by atoms with Crippen LogP contribution in [-0.4, -0.2) is 62.7 Å². The van der Waals surface area contributed by atoms with Gasteiger partial charge in [0.2, 0.25) is 0 Å². The Hall–Kier alpha value is -3.39. The Kier molecular flexibility index (Phi) is 9.19. The maximum Gasteiger partial charge on any atom is 0.410 e. The van der Waals surface area contributed by atoms with Crippen molar-refractivity contribution in [2.45, 2.75) is 85.2 Å². The van der Waals surface area contributed by atoms with Gasteiger partial charge in [0.1, 0.15) is 17.2 Å². The quantitative estimate of drug-likeness (QED) is 0.252. The van der Waals surface area contributed by atoms with Crippen molar-refractivity contribution in [3.63, 3.8) is 0 Å². The highest BCUT2D eigenvalue weighted by Crippen LogP contribution is 2.29. The molecule has 2 fully saturated rings. The highest BCUT2D eigenvalue weighted by Gasteiger charge is 2.30. The summed E-state index contributed by atoms with van der Waals surface area (Å²) in [4.78, 5) is 30.5. The number of rotatable bonds is 2. The van der Waals surface area contributed by atoms with E-state index in [9.17, 15) is 4.79 Å². The van der Waals surface area contributed by atoms with Gasteiger partial charge >= 0.3 is 6.09 Å². The summed E-state index contributed by atoms with van der Waals surface area (Å²) >= 11 is 0. The molecule has 2 aromatic carbocycles. The summed E-state index contributed by atoms with van der Waals surface area (Å²) < 4.78 is 5.50. The van der Waals surface area contributed by atoms with Crippen LogP contribution in [0.2, 0.25) is 0 Å². The fourth-order valence-corrected chi connectivity index (χ4v) is 5.55. The molecule has 8 heteroatoms. The Morgan fingerprint density at radius 3 is 2.00 bits per heavy atom. The summed E-state index contributed by atoms with van der Waals surface area (Å²) in [6.07, 6.45) is 4.28. The molecule has 2 atom stereocenters. The molecule has 2 saturated heterocycles. The van der Waals surface area contributed by atoms with Gasteiger partial charge in [-0.3, -0.25) is 0 Å². The number of nitrogens with zero attached hydrogens (tertiary/aromatic N) is 3. The third-order valence-corrected chi connectivity index (χ3v) is 7.61. The van der Waals surface area contributed by atoms with Crippen molar-refractivity contribution in [3.8, 4) is 0 Å². The monoisotopic (exact) mass is 546 g/mol. The summed E-state index contributed by atoms with van der Waals surface area (Å²) in [5.74, 6) is 2.92. The van der Waals surface area contributed by atoms with Gasteiger partial charge in [-0.25, -0.2) is 14.8 Å². The molecule has 2 aromatic heterocycles. The lowest BCUT2D eigenvalue weighted by atomic mass is 9.98. The van der Waals surface area contributed by atoms with Crippen molar-refractivity contribution in [1.29, 1.82) is 0 Å². The van der Waals surface area contributed by atoms with Gasteiger partial charge in [0, 0.05) is 31.5 Å². The van der Waals surface area contributed by atoms with Crippen LogP contribution >= 0.6 is 0 Å².